The third-order valence-electron chi connectivity index (χ3n) is 3.95. The van der Waals surface area contributed by atoms with E-state index < -0.39 is 11.6 Å². The first kappa shape index (κ1) is 17.0. The fourth-order valence-corrected chi connectivity index (χ4v) is 2.72. The van der Waals surface area contributed by atoms with E-state index in [1.54, 1.807) is 14.1 Å². The average Bonchev–Trinajstić information content (AvgIpc) is 2.37. The van der Waals surface area contributed by atoms with Crippen molar-refractivity contribution in [2.45, 2.75) is 64.0 Å². The van der Waals surface area contributed by atoms with Gasteiger partial charge >= 0.3 is 0 Å². The van der Waals surface area contributed by atoms with Gasteiger partial charge in [-0.2, -0.15) is 0 Å². The summed E-state index contributed by atoms with van der Waals surface area (Å²) >= 11 is 0. The molecule has 0 bridgehead atoms. The molecule has 1 aliphatic rings. The lowest BCUT2D eigenvalue weighted by Crippen LogP contribution is -2.59. The van der Waals surface area contributed by atoms with Gasteiger partial charge in [-0.25, -0.2) is 0 Å². The van der Waals surface area contributed by atoms with Crippen molar-refractivity contribution in [2.24, 2.45) is 11.7 Å². The highest BCUT2D eigenvalue weighted by Crippen LogP contribution is 2.26. The molecule has 5 nitrogen and oxygen atoms in total. The largest absolute Gasteiger partial charge is 0.347 e. The average molecular weight is 283 g/mol. The van der Waals surface area contributed by atoms with Gasteiger partial charge in [-0.15, -0.1) is 0 Å². The summed E-state index contributed by atoms with van der Waals surface area (Å²) in [5.41, 5.74) is 5.43. The van der Waals surface area contributed by atoms with Crippen molar-refractivity contribution < 1.29 is 9.59 Å². The normalized spacial score (nSPS) is 19.5. The molecule has 1 aliphatic carbocycles. The zero-order chi connectivity index (χ0) is 15.3. The maximum atomic E-state index is 12.4. The lowest BCUT2D eigenvalue weighted by Gasteiger charge is -2.34. The van der Waals surface area contributed by atoms with Crippen LogP contribution in [0, 0.1) is 5.92 Å². The molecule has 0 aliphatic heterocycles. The molecule has 0 radical (unpaired) electrons. The van der Waals surface area contributed by atoms with E-state index >= 15 is 0 Å². The van der Waals surface area contributed by atoms with Crippen molar-refractivity contribution in [3.63, 3.8) is 0 Å². The Bertz CT molecular complexity index is 347. The molecule has 0 spiro atoms. The van der Waals surface area contributed by atoms with E-state index in [1.165, 1.54) is 4.90 Å². The highest BCUT2D eigenvalue weighted by atomic mass is 16.2. The monoisotopic (exact) mass is 283 g/mol. The fourth-order valence-electron chi connectivity index (χ4n) is 2.72. The summed E-state index contributed by atoms with van der Waals surface area (Å²) in [6.07, 6.45) is 5.17. The molecule has 1 fully saturated rings. The zero-order valence-electron chi connectivity index (χ0n) is 13.2. The number of rotatable bonds is 5. The van der Waals surface area contributed by atoms with Crippen molar-refractivity contribution in [1.29, 1.82) is 0 Å². The molecule has 1 rings (SSSR count). The number of nitrogens with zero attached hydrogens (tertiary/aromatic N) is 1. The smallest absolute Gasteiger partial charge is 0.244 e. The predicted molar refractivity (Wildman–Crippen MR) is 80.1 cm³/mol. The van der Waals surface area contributed by atoms with Gasteiger partial charge < -0.3 is 16.0 Å². The third-order valence-corrected chi connectivity index (χ3v) is 3.95. The minimum absolute atomic E-state index is 0.0635. The standard InChI is InChI=1S/C15H29N3O2/c1-11(2)10-12(13(19)18(3)4)17-14(20)15(16)8-6-5-7-9-15/h11-12H,5-10,16H2,1-4H3,(H,17,20). The number of hydrogen-bond acceptors (Lipinski definition) is 3. The van der Waals surface area contributed by atoms with Gasteiger partial charge in [0.15, 0.2) is 0 Å². The third kappa shape index (κ3) is 4.47. The minimum atomic E-state index is -0.792. The predicted octanol–water partition coefficient (Wildman–Crippen LogP) is 1.27. The number of hydrogen-bond donors (Lipinski definition) is 2. The van der Waals surface area contributed by atoms with Gasteiger partial charge in [0.25, 0.3) is 0 Å². The van der Waals surface area contributed by atoms with E-state index in [1.807, 2.05) is 13.8 Å². The molecule has 0 heterocycles. The Morgan fingerprint density at radius 2 is 1.75 bits per heavy atom. The van der Waals surface area contributed by atoms with Gasteiger partial charge in [-0.1, -0.05) is 33.1 Å². The van der Waals surface area contributed by atoms with Crippen LogP contribution in [0.15, 0.2) is 0 Å². The Labute approximate surface area is 122 Å². The van der Waals surface area contributed by atoms with Gasteiger partial charge in [0.1, 0.15) is 6.04 Å². The van der Waals surface area contributed by atoms with Crippen LogP contribution in [-0.4, -0.2) is 42.4 Å². The molecular weight excluding hydrogens is 254 g/mol. The summed E-state index contributed by atoms with van der Waals surface area (Å²) in [4.78, 5) is 26.1. The van der Waals surface area contributed by atoms with Crippen molar-refractivity contribution in [3.8, 4) is 0 Å². The zero-order valence-corrected chi connectivity index (χ0v) is 13.2. The van der Waals surface area contributed by atoms with Crippen LogP contribution in [-0.2, 0) is 9.59 Å². The van der Waals surface area contributed by atoms with Crippen LogP contribution in [0.4, 0.5) is 0 Å². The van der Waals surface area contributed by atoms with Crippen LogP contribution < -0.4 is 11.1 Å². The molecule has 5 heteroatoms. The van der Waals surface area contributed by atoms with Crippen molar-refractivity contribution in [3.05, 3.63) is 0 Å². The number of carbonyl (C=O) groups is 2. The summed E-state index contributed by atoms with van der Waals surface area (Å²) in [7, 11) is 3.42. The first-order valence-electron chi connectivity index (χ1n) is 7.57. The molecule has 20 heavy (non-hydrogen) atoms. The lowest BCUT2D eigenvalue weighted by atomic mass is 9.81. The summed E-state index contributed by atoms with van der Waals surface area (Å²) in [6.45, 7) is 4.09. The Morgan fingerprint density at radius 1 is 1.20 bits per heavy atom. The second kappa shape index (κ2) is 7.07. The Kier molecular flexibility index (Phi) is 5.99. The first-order valence-corrected chi connectivity index (χ1v) is 7.57. The van der Waals surface area contributed by atoms with Crippen LogP contribution in [0.1, 0.15) is 52.4 Å². The molecule has 116 valence electrons. The van der Waals surface area contributed by atoms with E-state index in [0.29, 0.717) is 25.2 Å². The van der Waals surface area contributed by atoms with E-state index in [9.17, 15) is 9.59 Å². The second-order valence-electron chi connectivity index (χ2n) is 6.61. The minimum Gasteiger partial charge on any atom is -0.347 e. The van der Waals surface area contributed by atoms with Gasteiger partial charge in [0.2, 0.25) is 11.8 Å². The summed E-state index contributed by atoms with van der Waals surface area (Å²) in [6, 6.07) is -0.472. The Hall–Kier alpha value is -1.10. The maximum Gasteiger partial charge on any atom is 0.244 e. The van der Waals surface area contributed by atoms with Crippen LogP contribution in [0.5, 0.6) is 0 Å². The van der Waals surface area contributed by atoms with Crippen molar-refractivity contribution >= 4 is 11.8 Å². The lowest BCUT2D eigenvalue weighted by molar-refractivity contribution is -0.137. The van der Waals surface area contributed by atoms with Gasteiger partial charge in [0, 0.05) is 14.1 Å². The summed E-state index contributed by atoms with van der Waals surface area (Å²) in [5, 5.41) is 2.88. The molecule has 1 saturated carbocycles. The van der Waals surface area contributed by atoms with E-state index in [2.05, 4.69) is 5.32 Å². The molecule has 1 atom stereocenters. The highest BCUT2D eigenvalue weighted by molar-refractivity contribution is 5.91. The van der Waals surface area contributed by atoms with E-state index in [0.717, 1.165) is 19.3 Å². The maximum absolute atomic E-state index is 12.4. The van der Waals surface area contributed by atoms with Crippen LogP contribution in [0.3, 0.4) is 0 Å². The topological polar surface area (TPSA) is 75.4 Å². The highest BCUT2D eigenvalue weighted by Gasteiger charge is 2.37. The fraction of sp³-hybridized carbons (Fsp3) is 0.867. The molecule has 0 aromatic rings. The van der Waals surface area contributed by atoms with Crippen molar-refractivity contribution in [1.82, 2.24) is 10.2 Å². The number of nitrogens with two attached hydrogens (primary N) is 1. The van der Waals surface area contributed by atoms with Crippen LogP contribution in [0.25, 0.3) is 0 Å². The molecule has 1 unspecified atom stereocenters. The summed E-state index contributed by atoms with van der Waals surface area (Å²) in [5.74, 6) is 0.105. The Morgan fingerprint density at radius 3 is 2.20 bits per heavy atom. The van der Waals surface area contributed by atoms with E-state index in [-0.39, 0.29) is 11.8 Å². The van der Waals surface area contributed by atoms with E-state index in [4.69, 9.17) is 5.73 Å². The first-order chi connectivity index (χ1) is 9.26. The van der Waals surface area contributed by atoms with Gasteiger partial charge in [-0.3, -0.25) is 9.59 Å². The van der Waals surface area contributed by atoms with Gasteiger partial charge in [-0.05, 0) is 25.2 Å². The second-order valence-corrected chi connectivity index (χ2v) is 6.61. The number of carbonyl (C=O) groups excluding carboxylic acids is 2. The molecule has 3 N–H and O–H groups in total. The Balaban J connectivity index is 2.73. The molecule has 2 amide bonds. The SMILES string of the molecule is CC(C)CC(NC(=O)C1(N)CCCCC1)C(=O)N(C)C. The number of amides is 2. The number of likely N-dealkylation sites (N-methyl/N-ethyl adjacent to an activating group) is 1. The van der Waals surface area contributed by atoms with Crippen LogP contribution >= 0.6 is 0 Å². The summed E-state index contributed by atoms with van der Waals surface area (Å²) < 4.78 is 0. The molecular formula is C15H29N3O2. The quantitative estimate of drug-likeness (QED) is 0.798. The van der Waals surface area contributed by atoms with Crippen LogP contribution in [0.2, 0.25) is 0 Å². The molecule has 0 aromatic heterocycles. The van der Waals surface area contributed by atoms with Crippen molar-refractivity contribution in [2.75, 3.05) is 14.1 Å². The number of nitrogens with one attached hydrogen (secondary N) is 1. The molecule has 0 aromatic carbocycles. The molecule has 0 saturated heterocycles. The van der Waals surface area contributed by atoms with Gasteiger partial charge in [0.05, 0.1) is 5.54 Å².